The van der Waals surface area contributed by atoms with Crippen molar-refractivity contribution in [2.45, 2.75) is 165 Å². The van der Waals surface area contributed by atoms with E-state index in [1.807, 2.05) is 0 Å². The number of rotatable bonds is 10. The maximum Gasteiger partial charge on any atom is 0.412 e. The van der Waals surface area contributed by atoms with Crippen molar-refractivity contribution in [3.05, 3.63) is 60.2 Å². The molecular formula is C53H70F2N2O16. The van der Waals surface area contributed by atoms with Gasteiger partial charge in [-0.1, -0.05) is 27.7 Å². The monoisotopic (exact) mass is 1030 g/mol. The van der Waals surface area contributed by atoms with Crippen LogP contribution in [0.2, 0.25) is 0 Å². The third-order valence-electron chi connectivity index (χ3n) is 18.4. The standard InChI is InChI=1S/C53H70F2N2O16/c1-25-15-18-53(67-23-25)26(2)39-36(73-53)20-34-33-14-5-27-19-32(16-17-51(27,3)40(33)35(59)21-52(34,39)4)68-47-43(62)41(60)45(37(22-58)69-47)71-48-44(63)42(61)46(72-50(65)57-31-12-8-29(55)9-13-31)38(70-48)24-66-49(64)56-30-10-6-28(54)7-11-30/h6-13,25-27,32-34,36-48,58,60-63H,5,14-24H2,1-4H3,(H,56,64)(H,57,65)/t25-,26+,27+,32+,33?,34?,36?,37+,38+,39?,40?,41-,42-,43+,44+,45-,46-,47-,48+,51+,52+,53-/m1/s1. The number of ketones is 1. The molecule has 0 aromatic heterocycles. The second-order valence-electron chi connectivity index (χ2n) is 22.7. The molecule has 4 saturated carbocycles. The van der Waals surface area contributed by atoms with E-state index in [-0.39, 0.29) is 57.9 Å². The van der Waals surface area contributed by atoms with Crippen LogP contribution in [0.3, 0.4) is 0 Å². The van der Waals surface area contributed by atoms with E-state index in [9.17, 15) is 48.7 Å². The van der Waals surface area contributed by atoms with Crippen LogP contribution in [0.15, 0.2) is 48.5 Å². The molecule has 22 atom stereocenters. The smallest absolute Gasteiger partial charge is 0.412 e. The van der Waals surface area contributed by atoms with E-state index in [4.69, 9.17) is 37.9 Å². The second kappa shape index (κ2) is 20.5. The third kappa shape index (κ3) is 9.81. The molecule has 4 aliphatic heterocycles. The Morgan fingerprint density at radius 3 is 2.03 bits per heavy atom. The van der Waals surface area contributed by atoms with Crippen molar-refractivity contribution in [2.75, 3.05) is 30.5 Å². The minimum absolute atomic E-state index is 0.0754. The van der Waals surface area contributed by atoms with Crippen molar-refractivity contribution in [1.82, 2.24) is 0 Å². The van der Waals surface area contributed by atoms with Crippen molar-refractivity contribution in [3.8, 4) is 0 Å². The van der Waals surface area contributed by atoms with E-state index in [1.54, 1.807) is 0 Å². The van der Waals surface area contributed by atoms with Gasteiger partial charge >= 0.3 is 12.2 Å². The average Bonchev–Trinajstić information content (AvgIpc) is 3.80. The van der Waals surface area contributed by atoms with Crippen molar-refractivity contribution < 1.29 is 86.6 Å². The quantitative estimate of drug-likeness (QED) is 0.147. The molecule has 402 valence electrons. The van der Waals surface area contributed by atoms with Gasteiger partial charge in [0.25, 0.3) is 0 Å². The molecule has 7 N–H and O–H groups in total. The van der Waals surface area contributed by atoms with Gasteiger partial charge in [0.1, 0.15) is 66.8 Å². The predicted molar refractivity (Wildman–Crippen MR) is 252 cm³/mol. The molecule has 5 unspecified atom stereocenters. The number of carbonyl (C=O) groups excluding carboxylic acids is 3. The van der Waals surface area contributed by atoms with E-state index in [0.29, 0.717) is 49.9 Å². The number of aliphatic hydroxyl groups excluding tert-OH is 5. The summed E-state index contributed by atoms with van der Waals surface area (Å²) in [6.07, 6.45) is -12.4. The number of nitrogens with one attached hydrogen (secondary N) is 2. The minimum Gasteiger partial charge on any atom is -0.446 e. The number of hydrogen-bond acceptors (Lipinski definition) is 16. The molecule has 4 saturated heterocycles. The van der Waals surface area contributed by atoms with Gasteiger partial charge in [-0.25, -0.2) is 18.4 Å². The average molecular weight is 1030 g/mol. The van der Waals surface area contributed by atoms with Gasteiger partial charge in [-0.3, -0.25) is 15.4 Å². The molecule has 20 heteroatoms. The van der Waals surface area contributed by atoms with Gasteiger partial charge in [-0.05, 0) is 134 Å². The summed E-state index contributed by atoms with van der Waals surface area (Å²) in [5.41, 5.74) is -0.120. The SMILES string of the molecule is C[C@@H]1CC[C@@]2(OC1)OC1CC3C4CC[C@H]5C[C@@H](O[C@@H]6O[C@@H](CO)[C@@H](O[C@@H]7O[C@@H](COC(=O)Nc8ccc(F)cc8)[C@@H](OC(=O)Nc8ccc(F)cc8)[C@H](O)[C@@H]7O)[C@H](O)[C@@H]6O)CC[C@]5(C)C4C(=O)C[C@]3(C)C1[C@@H]2C. The highest BCUT2D eigenvalue weighted by atomic mass is 19.1. The molecular weight excluding hydrogens is 959 g/mol. The molecule has 0 radical (unpaired) electrons. The lowest BCUT2D eigenvalue weighted by Crippen LogP contribution is -2.65. The Hall–Kier alpha value is -3.93. The highest BCUT2D eigenvalue weighted by Crippen LogP contribution is 2.70. The molecule has 0 bridgehead atoms. The topological polar surface area (TPSA) is 250 Å². The van der Waals surface area contributed by atoms with Gasteiger partial charge in [0.05, 0.1) is 25.4 Å². The number of hydrogen-bond donors (Lipinski definition) is 7. The van der Waals surface area contributed by atoms with Crippen LogP contribution in [0.4, 0.5) is 29.7 Å². The summed E-state index contributed by atoms with van der Waals surface area (Å²) in [4.78, 5) is 40.4. The van der Waals surface area contributed by atoms with Crippen LogP contribution < -0.4 is 10.6 Å². The van der Waals surface area contributed by atoms with E-state index >= 15 is 0 Å². The molecule has 4 aliphatic carbocycles. The molecule has 2 aromatic rings. The first kappa shape index (κ1) is 52.5. The zero-order chi connectivity index (χ0) is 51.7. The lowest BCUT2D eigenvalue weighted by atomic mass is 9.44. The summed E-state index contributed by atoms with van der Waals surface area (Å²) < 4.78 is 75.6. The van der Waals surface area contributed by atoms with E-state index in [1.165, 1.54) is 24.3 Å². The molecule has 2 aromatic carbocycles. The fourth-order valence-electron chi connectivity index (χ4n) is 14.8. The summed E-state index contributed by atoms with van der Waals surface area (Å²) in [5.74, 6) is 0.330. The number of halogens is 2. The Balaban J connectivity index is 0.772. The van der Waals surface area contributed by atoms with Crippen LogP contribution in [0.25, 0.3) is 0 Å². The van der Waals surface area contributed by atoms with Crippen molar-refractivity contribution in [1.29, 1.82) is 0 Å². The summed E-state index contributed by atoms with van der Waals surface area (Å²) in [5, 5.41) is 61.1. The van der Waals surface area contributed by atoms with Crippen LogP contribution >= 0.6 is 0 Å². The first-order valence-corrected chi connectivity index (χ1v) is 26.0. The predicted octanol–water partition coefficient (Wildman–Crippen LogP) is 5.41. The Morgan fingerprint density at radius 1 is 0.753 bits per heavy atom. The van der Waals surface area contributed by atoms with E-state index in [2.05, 4.69) is 38.3 Å². The molecule has 2 amide bonds. The molecule has 73 heavy (non-hydrogen) atoms. The normalized spacial score (nSPS) is 45.1. The number of fused-ring (bicyclic) bond motifs is 7. The minimum atomic E-state index is -2.00. The van der Waals surface area contributed by atoms with E-state index < -0.39 is 110 Å². The fourth-order valence-corrected chi connectivity index (χ4v) is 14.8. The Morgan fingerprint density at radius 2 is 1.38 bits per heavy atom. The second-order valence-corrected chi connectivity index (χ2v) is 22.7. The summed E-state index contributed by atoms with van der Waals surface area (Å²) in [7, 11) is 0. The Bertz CT molecular complexity index is 2310. The van der Waals surface area contributed by atoms with Gasteiger partial charge < -0.3 is 63.4 Å². The molecule has 8 aliphatic rings. The highest BCUT2D eigenvalue weighted by Gasteiger charge is 2.71. The van der Waals surface area contributed by atoms with Gasteiger partial charge in [-0.15, -0.1) is 0 Å². The van der Waals surface area contributed by atoms with Gasteiger partial charge in [0.15, 0.2) is 24.5 Å². The van der Waals surface area contributed by atoms with Gasteiger partial charge in [-0.2, -0.15) is 0 Å². The van der Waals surface area contributed by atoms with Crippen LogP contribution in [0, 0.1) is 63.9 Å². The van der Waals surface area contributed by atoms with E-state index in [0.717, 1.165) is 56.4 Å². The summed E-state index contributed by atoms with van der Waals surface area (Å²) >= 11 is 0. The first-order valence-electron chi connectivity index (χ1n) is 26.0. The van der Waals surface area contributed by atoms with Crippen LogP contribution in [0.1, 0.15) is 85.5 Å². The lowest BCUT2D eigenvalue weighted by molar-refractivity contribution is -0.363. The number of anilines is 2. The van der Waals surface area contributed by atoms with Crippen molar-refractivity contribution in [2.24, 2.45) is 52.3 Å². The number of amides is 2. The Kier molecular flexibility index (Phi) is 14.8. The molecule has 1 spiro atoms. The lowest BCUT2D eigenvalue weighted by Gasteiger charge is -2.60. The summed E-state index contributed by atoms with van der Waals surface area (Å²) in [6.45, 7) is 8.33. The zero-order valence-electron chi connectivity index (χ0n) is 41.6. The van der Waals surface area contributed by atoms with Gasteiger partial charge in [0, 0.05) is 36.1 Å². The third-order valence-corrected chi connectivity index (χ3v) is 18.4. The molecule has 18 nitrogen and oxygen atoms in total. The van der Waals surface area contributed by atoms with Crippen LogP contribution in [-0.2, 0) is 42.7 Å². The molecule has 4 heterocycles. The van der Waals surface area contributed by atoms with Gasteiger partial charge in [0.2, 0.25) is 0 Å². The first-order chi connectivity index (χ1) is 34.8. The number of ether oxygens (including phenoxy) is 8. The number of benzene rings is 2. The Labute approximate surface area is 422 Å². The maximum absolute atomic E-state index is 14.7. The molecule has 10 rings (SSSR count). The number of aliphatic hydroxyl groups is 5. The maximum atomic E-state index is 14.7. The summed E-state index contributed by atoms with van der Waals surface area (Å²) in [6, 6.07) is 9.46. The van der Waals surface area contributed by atoms with Crippen molar-refractivity contribution in [3.63, 3.8) is 0 Å². The molecule has 8 fully saturated rings. The van der Waals surface area contributed by atoms with Crippen LogP contribution in [-0.4, -0.2) is 143 Å². The highest BCUT2D eigenvalue weighted by molar-refractivity contribution is 5.86. The van der Waals surface area contributed by atoms with Crippen molar-refractivity contribution >= 4 is 29.3 Å². The fraction of sp³-hybridized carbons (Fsp3) is 0.717. The largest absolute Gasteiger partial charge is 0.446 e. The number of Topliss-reactive ketones (excluding diaryl/α,β-unsaturated/α-hetero) is 1. The zero-order valence-corrected chi connectivity index (χ0v) is 41.6. The van der Waals surface area contributed by atoms with Crippen LogP contribution in [0.5, 0.6) is 0 Å². The number of carbonyl (C=O) groups is 3.